The zero-order valence-electron chi connectivity index (χ0n) is 13.5. The first-order valence-electron chi connectivity index (χ1n) is 7.52. The largest absolute Gasteiger partial charge is 1.00 e. The number of nitro groups is 1. The van der Waals surface area contributed by atoms with Crippen molar-refractivity contribution in [2.24, 2.45) is 0 Å². The van der Waals surface area contributed by atoms with Crippen molar-refractivity contribution < 1.29 is 27.0 Å². The van der Waals surface area contributed by atoms with Gasteiger partial charge in [0.05, 0.1) is 28.7 Å². The summed E-state index contributed by atoms with van der Waals surface area (Å²) in [4.78, 5) is 10.4. The van der Waals surface area contributed by atoms with Gasteiger partial charge in [-0.1, -0.05) is 22.9 Å². The number of hydrogen-bond donors (Lipinski definition) is 1. The lowest BCUT2D eigenvalue weighted by atomic mass is 10.2. The Labute approximate surface area is 150 Å². The van der Waals surface area contributed by atoms with Crippen LogP contribution in [-0.2, 0) is 6.54 Å². The van der Waals surface area contributed by atoms with Gasteiger partial charge in [-0.05, 0) is 24.3 Å². The van der Waals surface area contributed by atoms with Crippen LogP contribution in [0, 0.1) is 17.0 Å². The van der Waals surface area contributed by atoms with Crippen molar-refractivity contribution in [2.75, 3.05) is 6.61 Å². The molecule has 0 saturated heterocycles. The summed E-state index contributed by atoms with van der Waals surface area (Å²) in [7, 11) is 0. The number of non-ortho nitro benzene ring substituents is 1. The van der Waals surface area contributed by atoms with Gasteiger partial charge in [-0.2, -0.15) is 0 Å². The molecule has 0 amide bonds. The van der Waals surface area contributed by atoms with Crippen molar-refractivity contribution in [1.29, 1.82) is 0 Å². The van der Waals surface area contributed by atoms with E-state index in [2.05, 4.69) is 5.10 Å². The van der Waals surface area contributed by atoms with Crippen LogP contribution in [0.4, 0.5) is 5.69 Å². The molecule has 130 valence electrons. The van der Waals surface area contributed by atoms with Crippen LogP contribution >= 0.6 is 0 Å². The smallest absolute Gasteiger partial charge is 0.309 e. The molecule has 1 heterocycles. The highest BCUT2D eigenvalue weighted by atomic mass is 35.5. The maximum atomic E-state index is 10.8. The molecule has 0 aliphatic heterocycles. The summed E-state index contributed by atoms with van der Waals surface area (Å²) in [6.07, 6.45) is 0. The minimum absolute atomic E-state index is 0. The second-order valence-electron chi connectivity index (χ2n) is 5.30. The van der Waals surface area contributed by atoms with Crippen molar-refractivity contribution in [3.8, 4) is 17.1 Å². The average Bonchev–Trinajstić information content (AvgIpc) is 2.93. The van der Waals surface area contributed by atoms with Crippen molar-refractivity contribution in [2.45, 2.75) is 13.5 Å². The molecule has 1 aromatic heterocycles. The lowest BCUT2D eigenvalue weighted by molar-refractivity contribution is -0.694. The number of rotatable bonds is 5. The van der Waals surface area contributed by atoms with Gasteiger partial charge in [0, 0.05) is 19.1 Å². The van der Waals surface area contributed by atoms with E-state index in [1.165, 1.54) is 12.1 Å². The van der Waals surface area contributed by atoms with Gasteiger partial charge in [0.25, 0.3) is 5.69 Å². The number of nitrogens with zero attached hydrogens (tertiary/aromatic N) is 4. The van der Waals surface area contributed by atoms with E-state index < -0.39 is 4.92 Å². The van der Waals surface area contributed by atoms with E-state index in [9.17, 15) is 15.2 Å². The molecule has 0 aliphatic carbocycles. The van der Waals surface area contributed by atoms with Gasteiger partial charge < -0.3 is 17.5 Å². The van der Waals surface area contributed by atoms with Crippen LogP contribution in [0.5, 0.6) is 0 Å². The molecular formula is C17H17ClN4O3. The molecule has 3 aromatic rings. The summed E-state index contributed by atoms with van der Waals surface area (Å²) < 4.78 is 3.65. The Kier molecular flexibility index (Phi) is 5.84. The molecule has 1 N–H and O–H groups in total. The first-order valence-corrected chi connectivity index (χ1v) is 7.52. The lowest BCUT2D eigenvalue weighted by Crippen LogP contribution is -3.00. The van der Waals surface area contributed by atoms with Crippen LogP contribution in [0.25, 0.3) is 17.1 Å². The number of halogens is 1. The number of aliphatic hydroxyl groups is 1. The molecule has 0 bridgehead atoms. The fraction of sp³-hybridized carbons (Fsp3) is 0.176. The quantitative estimate of drug-likeness (QED) is 0.361. The molecule has 2 aromatic carbocycles. The van der Waals surface area contributed by atoms with Crippen LogP contribution in [0.2, 0.25) is 0 Å². The van der Waals surface area contributed by atoms with E-state index in [0.29, 0.717) is 6.54 Å². The summed E-state index contributed by atoms with van der Waals surface area (Å²) >= 11 is 0. The highest BCUT2D eigenvalue weighted by Gasteiger charge is 2.25. The second-order valence-corrected chi connectivity index (χ2v) is 5.30. The van der Waals surface area contributed by atoms with Crippen LogP contribution < -0.4 is 17.0 Å². The van der Waals surface area contributed by atoms with Gasteiger partial charge in [-0.15, -0.1) is 0 Å². The highest BCUT2D eigenvalue weighted by Crippen LogP contribution is 2.19. The average molecular weight is 361 g/mol. The maximum absolute atomic E-state index is 10.8. The summed E-state index contributed by atoms with van der Waals surface area (Å²) in [5.41, 5.74) is 1.71. The van der Waals surface area contributed by atoms with Crippen LogP contribution in [0.1, 0.15) is 5.82 Å². The summed E-state index contributed by atoms with van der Waals surface area (Å²) in [5.74, 6) is 1.57. The first kappa shape index (κ1) is 18.6. The minimum Gasteiger partial charge on any atom is -1.00 e. The molecule has 8 heteroatoms. The van der Waals surface area contributed by atoms with Gasteiger partial charge in [0.1, 0.15) is 5.69 Å². The molecule has 0 aliphatic rings. The number of nitro benzene ring substituents is 1. The van der Waals surface area contributed by atoms with E-state index in [0.717, 1.165) is 22.9 Å². The zero-order chi connectivity index (χ0) is 17.1. The predicted molar refractivity (Wildman–Crippen MR) is 87.7 cm³/mol. The van der Waals surface area contributed by atoms with Crippen molar-refractivity contribution in [1.82, 2.24) is 9.78 Å². The molecule has 0 atom stereocenters. The molecular weight excluding hydrogens is 344 g/mol. The fourth-order valence-corrected chi connectivity index (χ4v) is 2.62. The van der Waals surface area contributed by atoms with E-state index in [4.69, 9.17) is 0 Å². The molecule has 0 fully saturated rings. The second kappa shape index (κ2) is 7.87. The Morgan fingerprint density at radius 2 is 1.80 bits per heavy atom. The predicted octanol–water partition coefficient (Wildman–Crippen LogP) is -0.960. The SMILES string of the molecule is Cc1n(-c2ccc([N+](=O)[O-])cc2)nc(-c2ccccc2)[n+]1CCO.[Cl-]. The van der Waals surface area contributed by atoms with Gasteiger partial charge in [0.15, 0.2) is 0 Å². The number of aliphatic hydroxyl groups excluding tert-OH is 1. The maximum Gasteiger partial charge on any atom is 0.309 e. The Bertz CT molecular complexity index is 864. The number of benzene rings is 2. The highest BCUT2D eigenvalue weighted by molar-refractivity contribution is 5.52. The van der Waals surface area contributed by atoms with Crippen LogP contribution in [0.15, 0.2) is 54.6 Å². The van der Waals surface area contributed by atoms with Crippen LogP contribution in [-0.4, -0.2) is 26.4 Å². The molecule has 7 nitrogen and oxygen atoms in total. The molecule has 0 radical (unpaired) electrons. The summed E-state index contributed by atoms with van der Waals surface area (Å²) in [6, 6.07) is 15.9. The Balaban J connectivity index is 0.00000225. The minimum atomic E-state index is -0.430. The van der Waals surface area contributed by atoms with E-state index in [1.807, 2.05) is 41.8 Å². The molecule has 0 saturated carbocycles. The monoisotopic (exact) mass is 360 g/mol. The number of hydrogen-bond acceptors (Lipinski definition) is 4. The summed E-state index contributed by atoms with van der Waals surface area (Å²) in [5, 5.41) is 24.8. The molecule has 3 rings (SSSR count). The van der Waals surface area contributed by atoms with Gasteiger partial charge >= 0.3 is 5.82 Å². The van der Waals surface area contributed by atoms with Crippen molar-refractivity contribution in [3.63, 3.8) is 0 Å². The first-order chi connectivity index (χ1) is 11.6. The van der Waals surface area contributed by atoms with Gasteiger partial charge in [-0.25, -0.2) is 4.57 Å². The number of aromatic nitrogens is 3. The lowest BCUT2D eigenvalue weighted by Gasteiger charge is -2.00. The normalized spacial score (nSPS) is 10.3. The van der Waals surface area contributed by atoms with Crippen molar-refractivity contribution >= 4 is 5.69 Å². The third kappa shape index (κ3) is 3.67. The third-order valence-electron chi connectivity index (χ3n) is 3.81. The third-order valence-corrected chi connectivity index (χ3v) is 3.81. The summed E-state index contributed by atoms with van der Waals surface area (Å²) in [6.45, 7) is 2.32. The Morgan fingerprint density at radius 3 is 2.36 bits per heavy atom. The van der Waals surface area contributed by atoms with Crippen molar-refractivity contribution in [3.05, 3.63) is 70.5 Å². The molecule has 25 heavy (non-hydrogen) atoms. The molecule has 0 unspecified atom stereocenters. The van der Waals surface area contributed by atoms with E-state index >= 15 is 0 Å². The Hall–Kier alpha value is -2.77. The standard InChI is InChI=1S/C17H17N4O3.ClH/c1-13-19(11-12-22)17(14-5-3-2-4-6-14)18-20(13)15-7-9-16(10-8-15)21(23)24;/h2-10,22H,11-12H2,1H3;1H/q+1;/p-1. The fourth-order valence-electron chi connectivity index (χ4n) is 2.62. The van der Waals surface area contributed by atoms with Crippen LogP contribution in [0.3, 0.4) is 0 Å². The van der Waals surface area contributed by atoms with Gasteiger partial charge in [-0.3, -0.25) is 10.1 Å². The van der Waals surface area contributed by atoms with Gasteiger partial charge in [0.2, 0.25) is 5.82 Å². The zero-order valence-corrected chi connectivity index (χ0v) is 14.3. The van der Waals surface area contributed by atoms with E-state index in [-0.39, 0.29) is 24.7 Å². The topological polar surface area (TPSA) is 85.1 Å². The Morgan fingerprint density at radius 1 is 1.16 bits per heavy atom. The van der Waals surface area contributed by atoms with E-state index in [1.54, 1.807) is 16.8 Å². The molecule has 0 spiro atoms.